The molecule has 0 spiro atoms. The summed E-state index contributed by atoms with van der Waals surface area (Å²) in [4.78, 5) is 11.6. The molecule has 0 bridgehead atoms. The van der Waals surface area contributed by atoms with Gasteiger partial charge in [-0.25, -0.2) is 4.79 Å². The second-order valence-corrected chi connectivity index (χ2v) is 6.94. The van der Waals surface area contributed by atoms with Crippen molar-refractivity contribution in [3.8, 4) is 5.75 Å². The number of anilines is 1. The first-order valence-corrected chi connectivity index (χ1v) is 9.97. The molecule has 0 radical (unpaired) electrons. The lowest BCUT2D eigenvalue weighted by molar-refractivity contribution is 0.0601. The summed E-state index contributed by atoms with van der Waals surface area (Å²) < 4.78 is 10.5. The first kappa shape index (κ1) is 22.0. The number of carbonyl (C=O) groups excluding carboxylic acids is 1. The lowest BCUT2D eigenvalue weighted by atomic mass is 10.1. The van der Waals surface area contributed by atoms with Crippen LogP contribution < -0.4 is 15.4 Å². The summed E-state index contributed by atoms with van der Waals surface area (Å²) in [6.07, 6.45) is 2.76. The average molecular weight is 421 g/mol. The monoisotopic (exact) mass is 420 g/mol. The van der Waals surface area contributed by atoms with Crippen LogP contribution in [0.2, 0.25) is 5.02 Å². The van der Waals surface area contributed by atoms with E-state index in [0.29, 0.717) is 34.5 Å². The van der Waals surface area contributed by atoms with Gasteiger partial charge in [0.15, 0.2) is 5.11 Å². The maximum absolute atomic E-state index is 11.6. The number of benzene rings is 2. The molecular weight excluding hydrogens is 396 g/mol. The van der Waals surface area contributed by atoms with E-state index in [4.69, 9.17) is 33.3 Å². The van der Waals surface area contributed by atoms with Crippen molar-refractivity contribution in [2.45, 2.75) is 26.2 Å². The molecule has 0 unspecified atom stereocenters. The van der Waals surface area contributed by atoms with Gasteiger partial charge < -0.3 is 20.1 Å². The molecule has 0 amide bonds. The molecule has 0 aliphatic carbocycles. The summed E-state index contributed by atoms with van der Waals surface area (Å²) in [5.74, 6) is 0.513. The van der Waals surface area contributed by atoms with Crippen LogP contribution in [0.1, 0.15) is 35.7 Å². The van der Waals surface area contributed by atoms with Crippen molar-refractivity contribution in [3.63, 3.8) is 0 Å². The minimum absolute atomic E-state index is 0.404. The Morgan fingerprint density at radius 1 is 1.21 bits per heavy atom. The molecule has 0 aliphatic rings. The zero-order valence-electron chi connectivity index (χ0n) is 16.1. The Bertz CT molecular complexity index is 814. The van der Waals surface area contributed by atoms with E-state index >= 15 is 0 Å². The largest absolute Gasteiger partial charge is 0.493 e. The van der Waals surface area contributed by atoms with Gasteiger partial charge in [0.05, 0.1) is 30.0 Å². The van der Waals surface area contributed by atoms with Gasteiger partial charge in [-0.3, -0.25) is 0 Å². The number of halogens is 1. The highest BCUT2D eigenvalue weighted by Crippen LogP contribution is 2.23. The molecule has 0 atom stereocenters. The SMILES string of the molecule is CCCOc1ccccc1CCCNC(=S)Nc1cc(C(=O)OC)ccc1Cl. The number of thiocarbonyl (C=S) groups is 1. The Morgan fingerprint density at radius 3 is 2.75 bits per heavy atom. The zero-order chi connectivity index (χ0) is 20.4. The first-order chi connectivity index (χ1) is 13.5. The van der Waals surface area contributed by atoms with E-state index in [9.17, 15) is 4.79 Å². The summed E-state index contributed by atoms with van der Waals surface area (Å²) in [6, 6.07) is 12.9. The molecule has 0 heterocycles. The Labute approximate surface area is 176 Å². The summed E-state index contributed by atoms with van der Waals surface area (Å²) in [6.45, 7) is 3.50. The van der Waals surface area contributed by atoms with Gasteiger partial charge in [-0.2, -0.15) is 0 Å². The maximum atomic E-state index is 11.6. The van der Waals surface area contributed by atoms with Gasteiger partial charge in [-0.1, -0.05) is 36.7 Å². The van der Waals surface area contributed by atoms with Crippen molar-refractivity contribution in [1.29, 1.82) is 0 Å². The van der Waals surface area contributed by atoms with Gasteiger partial charge in [-0.05, 0) is 61.3 Å². The average Bonchev–Trinajstić information content (AvgIpc) is 2.71. The van der Waals surface area contributed by atoms with Crippen LogP contribution in [0.5, 0.6) is 5.75 Å². The highest BCUT2D eigenvalue weighted by Gasteiger charge is 2.10. The second kappa shape index (κ2) is 11.5. The van der Waals surface area contributed by atoms with Crippen LogP contribution in [0.15, 0.2) is 42.5 Å². The van der Waals surface area contributed by atoms with Crippen LogP contribution in [0.4, 0.5) is 5.69 Å². The molecule has 2 rings (SSSR count). The van der Waals surface area contributed by atoms with Gasteiger partial charge in [-0.15, -0.1) is 0 Å². The van der Waals surface area contributed by atoms with Crippen LogP contribution in [0.25, 0.3) is 0 Å². The fourth-order valence-electron chi connectivity index (χ4n) is 2.58. The van der Waals surface area contributed by atoms with Crippen LogP contribution in [0.3, 0.4) is 0 Å². The number of methoxy groups -OCH3 is 1. The number of ether oxygens (including phenoxy) is 2. The van der Waals surface area contributed by atoms with Gasteiger partial charge in [0, 0.05) is 6.54 Å². The molecular formula is C21H25ClN2O3S. The first-order valence-electron chi connectivity index (χ1n) is 9.18. The molecule has 0 fully saturated rings. The van der Waals surface area contributed by atoms with Crippen LogP contribution in [-0.2, 0) is 11.2 Å². The normalized spacial score (nSPS) is 10.2. The Hall–Kier alpha value is -2.31. The number of carbonyl (C=O) groups is 1. The van der Waals surface area contributed by atoms with Gasteiger partial charge in [0.2, 0.25) is 0 Å². The van der Waals surface area contributed by atoms with Gasteiger partial charge >= 0.3 is 5.97 Å². The highest BCUT2D eigenvalue weighted by atomic mass is 35.5. The second-order valence-electron chi connectivity index (χ2n) is 6.13. The maximum Gasteiger partial charge on any atom is 0.337 e. The lowest BCUT2D eigenvalue weighted by Crippen LogP contribution is -2.29. The Balaban J connectivity index is 1.83. The van der Waals surface area contributed by atoms with Crippen LogP contribution in [0, 0.1) is 0 Å². The molecule has 28 heavy (non-hydrogen) atoms. The Morgan fingerprint density at radius 2 is 2.00 bits per heavy atom. The molecule has 2 N–H and O–H groups in total. The number of rotatable bonds is 9. The fourth-order valence-corrected chi connectivity index (χ4v) is 2.95. The minimum atomic E-state index is -0.428. The molecule has 0 aliphatic heterocycles. The van der Waals surface area contributed by atoms with Crippen LogP contribution >= 0.6 is 23.8 Å². The third-order valence-corrected chi connectivity index (χ3v) is 4.55. The number of aryl methyl sites for hydroxylation is 1. The number of para-hydroxylation sites is 1. The summed E-state index contributed by atoms with van der Waals surface area (Å²) >= 11 is 11.5. The van der Waals surface area contributed by atoms with E-state index in [1.807, 2.05) is 18.2 Å². The molecule has 0 aromatic heterocycles. The molecule has 0 saturated carbocycles. The molecule has 150 valence electrons. The predicted octanol–water partition coefficient (Wildman–Crippen LogP) is 4.83. The van der Waals surface area contributed by atoms with E-state index in [2.05, 4.69) is 23.6 Å². The summed E-state index contributed by atoms with van der Waals surface area (Å²) in [5.41, 5.74) is 2.15. The number of hydrogen-bond acceptors (Lipinski definition) is 4. The van der Waals surface area contributed by atoms with Crippen molar-refractivity contribution in [2.24, 2.45) is 0 Å². The number of esters is 1. The minimum Gasteiger partial charge on any atom is -0.493 e. The van der Waals surface area contributed by atoms with E-state index in [-0.39, 0.29) is 0 Å². The molecule has 0 saturated heterocycles. The molecule has 7 heteroatoms. The third-order valence-electron chi connectivity index (χ3n) is 3.98. The van der Waals surface area contributed by atoms with Crippen LogP contribution in [-0.4, -0.2) is 31.3 Å². The quantitative estimate of drug-likeness (QED) is 0.344. The smallest absolute Gasteiger partial charge is 0.337 e. The van der Waals surface area contributed by atoms with E-state index in [1.165, 1.54) is 12.7 Å². The van der Waals surface area contributed by atoms with E-state index in [0.717, 1.165) is 25.0 Å². The van der Waals surface area contributed by atoms with E-state index in [1.54, 1.807) is 18.2 Å². The van der Waals surface area contributed by atoms with E-state index < -0.39 is 5.97 Å². The Kier molecular flexibility index (Phi) is 9.04. The zero-order valence-corrected chi connectivity index (χ0v) is 17.7. The summed E-state index contributed by atoms with van der Waals surface area (Å²) in [7, 11) is 1.33. The topological polar surface area (TPSA) is 59.6 Å². The van der Waals surface area contributed by atoms with Gasteiger partial charge in [0.25, 0.3) is 0 Å². The number of hydrogen-bond donors (Lipinski definition) is 2. The van der Waals surface area contributed by atoms with Crippen molar-refractivity contribution in [1.82, 2.24) is 5.32 Å². The standard InChI is InChI=1S/C21H25ClN2O3S/c1-3-13-27-19-9-5-4-7-15(19)8-6-12-23-21(28)24-18-14-16(20(25)26-2)10-11-17(18)22/h4-5,7,9-11,14H,3,6,8,12-13H2,1-2H3,(H2,23,24,28). The summed E-state index contributed by atoms with van der Waals surface area (Å²) in [5, 5.41) is 7.10. The van der Waals surface area contributed by atoms with Crippen molar-refractivity contribution < 1.29 is 14.3 Å². The van der Waals surface area contributed by atoms with Crippen molar-refractivity contribution >= 4 is 40.6 Å². The molecule has 2 aromatic carbocycles. The fraction of sp³-hybridized carbons (Fsp3) is 0.333. The molecule has 2 aromatic rings. The molecule has 5 nitrogen and oxygen atoms in total. The van der Waals surface area contributed by atoms with Crippen molar-refractivity contribution in [2.75, 3.05) is 25.6 Å². The lowest BCUT2D eigenvalue weighted by Gasteiger charge is -2.13. The van der Waals surface area contributed by atoms with Crippen molar-refractivity contribution in [3.05, 3.63) is 58.6 Å². The predicted molar refractivity (Wildman–Crippen MR) is 118 cm³/mol. The highest BCUT2D eigenvalue weighted by molar-refractivity contribution is 7.80. The third kappa shape index (κ3) is 6.69. The number of nitrogens with one attached hydrogen (secondary N) is 2. The van der Waals surface area contributed by atoms with Gasteiger partial charge in [0.1, 0.15) is 5.75 Å².